The lowest BCUT2D eigenvalue weighted by Gasteiger charge is -2.37. The predicted octanol–water partition coefficient (Wildman–Crippen LogP) is 6.45. The Morgan fingerprint density at radius 2 is 0.862 bits per heavy atom. The van der Waals surface area contributed by atoms with E-state index in [0.717, 1.165) is 0 Å². The average Bonchev–Trinajstić information content (AvgIpc) is 2.81. The highest BCUT2D eigenvalue weighted by molar-refractivity contribution is 7.77. The maximum atomic E-state index is 4.74. The van der Waals surface area contributed by atoms with Gasteiger partial charge < -0.3 is 0 Å². The molecule has 0 heterocycles. The van der Waals surface area contributed by atoms with Crippen molar-refractivity contribution in [1.29, 1.82) is 0 Å². The Balaban J connectivity index is 1.92. The topological polar surface area (TPSA) is 0 Å². The monoisotopic (exact) mass is 410 g/mol. The molecule has 4 aromatic rings. The maximum absolute atomic E-state index is 4.74. The van der Waals surface area contributed by atoms with Crippen molar-refractivity contribution in [3.8, 4) is 0 Å². The molecule has 0 N–H and O–H groups in total. The Bertz CT molecular complexity index is 980. The minimum Gasteiger partial charge on any atom is -0.117 e. The minimum atomic E-state index is -0.763. The summed E-state index contributed by atoms with van der Waals surface area (Å²) in [6.07, 6.45) is 0. The Kier molecular flexibility index (Phi) is 6.05. The second-order valence-electron chi connectivity index (χ2n) is 6.99. The van der Waals surface area contributed by atoms with Crippen molar-refractivity contribution in [1.82, 2.24) is 0 Å². The molecule has 0 bridgehead atoms. The van der Waals surface area contributed by atoms with E-state index in [0.29, 0.717) is 0 Å². The van der Waals surface area contributed by atoms with E-state index < -0.39 is 7.92 Å². The van der Waals surface area contributed by atoms with Gasteiger partial charge in [0.15, 0.2) is 0 Å². The van der Waals surface area contributed by atoms with Gasteiger partial charge in [0.05, 0.1) is 5.16 Å². The summed E-state index contributed by atoms with van der Waals surface area (Å²) in [7, 11) is 2.38. The second kappa shape index (κ2) is 8.87. The van der Waals surface area contributed by atoms with Crippen molar-refractivity contribution in [2.75, 3.05) is 0 Å². The van der Waals surface area contributed by atoms with Gasteiger partial charge in [-0.05, 0) is 35.0 Å². The zero-order chi connectivity index (χ0) is 20.1. The molecular formula is C27H24P2. The Morgan fingerprint density at radius 3 is 1.21 bits per heavy atom. The number of allylic oxidation sites excluding steroid dienone is 1. The van der Waals surface area contributed by atoms with Crippen LogP contribution in [-0.2, 0) is 5.16 Å². The molecule has 1 unspecified atom stereocenters. The largest absolute Gasteiger partial charge is 0.117 e. The maximum Gasteiger partial charge on any atom is 0.0596 e. The van der Waals surface area contributed by atoms with Crippen molar-refractivity contribution in [2.45, 2.75) is 5.16 Å². The summed E-state index contributed by atoms with van der Waals surface area (Å²) in [5.41, 5.74) is 2.47. The van der Waals surface area contributed by atoms with Gasteiger partial charge in [0.2, 0.25) is 0 Å². The molecule has 2 heteroatoms. The fraction of sp³-hybridized carbons (Fsp3) is 0.0370. The van der Waals surface area contributed by atoms with Crippen molar-refractivity contribution >= 4 is 27.8 Å². The van der Waals surface area contributed by atoms with Gasteiger partial charge in [0.25, 0.3) is 0 Å². The van der Waals surface area contributed by atoms with Crippen LogP contribution in [0.3, 0.4) is 0 Å². The van der Waals surface area contributed by atoms with E-state index in [1.807, 2.05) is 0 Å². The molecule has 0 aromatic heterocycles. The normalized spacial score (nSPS) is 11.4. The van der Waals surface area contributed by atoms with E-state index in [-0.39, 0.29) is 5.16 Å². The molecular weight excluding hydrogens is 386 g/mol. The summed E-state index contributed by atoms with van der Waals surface area (Å²) in [5.74, 6) is 0. The van der Waals surface area contributed by atoms with Crippen LogP contribution in [0.4, 0.5) is 0 Å². The van der Waals surface area contributed by atoms with Crippen LogP contribution in [0.25, 0.3) is 0 Å². The fourth-order valence-corrected chi connectivity index (χ4v) is 6.94. The second-order valence-corrected chi connectivity index (χ2v) is 10.1. The molecule has 0 aliphatic rings. The summed E-state index contributed by atoms with van der Waals surface area (Å²) in [6, 6.07) is 42.9. The molecule has 29 heavy (non-hydrogen) atoms. The number of hydrogen-bond acceptors (Lipinski definition) is 0. The van der Waals surface area contributed by atoms with Crippen LogP contribution in [0, 0.1) is 0 Å². The SMILES string of the molecule is C=C(P(c1ccccc1)c1ccccc1)C(P)(c1ccccc1)c1ccccc1. The standard InChI is InChI=1S/C27H24P2/c1-22(29(25-18-10-4-11-19-25)26-20-12-5-13-21-26)27(28,23-14-6-2-7-15-23)24-16-8-3-9-17-24/h2-21H,1,28H2. The number of benzene rings is 4. The first-order valence-electron chi connectivity index (χ1n) is 9.71. The Labute approximate surface area is 177 Å². The predicted molar refractivity (Wildman–Crippen MR) is 132 cm³/mol. The van der Waals surface area contributed by atoms with E-state index in [1.54, 1.807) is 0 Å². The van der Waals surface area contributed by atoms with Gasteiger partial charge in [-0.1, -0.05) is 128 Å². The van der Waals surface area contributed by atoms with Gasteiger partial charge in [-0.25, -0.2) is 0 Å². The van der Waals surface area contributed by atoms with Crippen molar-refractivity contribution < 1.29 is 0 Å². The van der Waals surface area contributed by atoms with Crippen LogP contribution >= 0.6 is 17.2 Å². The average molecular weight is 410 g/mol. The summed E-state index contributed by atoms with van der Waals surface area (Å²) in [4.78, 5) is 0. The molecule has 0 fully saturated rings. The molecule has 142 valence electrons. The van der Waals surface area contributed by atoms with Gasteiger partial charge in [-0.3, -0.25) is 0 Å². The van der Waals surface area contributed by atoms with E-state index in [1.165, 1.54) is 27.1 Å². The highest BCUT2D eigenvalue weighted by atomic mass is 31.1. The van der Waals surface area contributed by atoms with Crippen molar-refractivity contribution in [3.63, 3.8) is 0 Å². The molecule has 0 amide bonds. The summed E-state index contributed by atoms with van der Waals surface area (Å²) >= 11 is 0. The van der Waals surface area contributed by atoms with Crippen LogP contribution < -0.4 is 10.6 Å². The zero-order valence-corrected chi connectivity index (χ0v) is 18.3. The van der Waals surface area contributed by atoms with E-state index in [9.17, 15) is 0 Å². The van der Waals surface area contributed by atoms with Crippen molar-refractivity contribution in [2.24, 2.45) is 0 Å². The first kappa shape index (κ1) is 19.8. The number of hydrogen-bond donors (Lipinski definition) is 0. The molecule has 0 spiro atoms. The van der Waals surface area contributed by atoms with Gasteiger partial charge in [0, 0.05) is 0 Å². The van der Waals surface area contributed by atoms with Gasteiger partial charge in [-0.2, -0.15) is 0 Å². The van der Waals surface area contributed by atoms with Crippen molar-refractivity contribution in [3.05, 3.63) is 144 Å². The summed E-state index contributed by atoms with van der Waals surface area (Å²) in [6.45, 7) is 4.74. The molecule has 1 atom stereocenters. The Hall–Kier alpha value is -2.52. The number of rotatable bonds is 6. The molecule has 0 radical (unpaired) electrons. The van der Waals surface area contributed by atoms with E-state index >= 15 is 0 Å². The molecule has 0 saturated heterocycles. The lowest BCUT2D eigenvalue weighted by atomic mass is 9.90. The highest BCUT2D eigenvalue weighted by Crippen LogP contribution is 2.57. The first-order chi connectivity index (χ1) is 14.2. The first-order valence-corrected chi connectivity index (χ1v) is 11.6. The van der Waals surface area contributed by atoms with Crippen LogP contribution in [0.15, 0.2) is 133 Å². The van der Waals surface area contributed by atoms with E-state index in [2.05, 4.69) is 131 Å². The summed E-state index contributed by atoms with van der Waals surface area (Å²) < 4.78 is 0. The molecule has 0 saturated carbocycles. The molecule has 4 aromatic carbocycles. The molecule has 0 nitrogen and oxygen atoms in total. The van der Waals surface area contributed by atoms with Gasteiger partial charge in [-0.15, -0.1) is 9.24 Å². The third-order valence-corrected chi connectivity index (χ3v) is 8.99. The zero-order valence-electron chi connectivity index (χ0n) is 16.3. The van der Waals surface area contributed by atoms with Crippen LogP contribution in [-0.4, -0.2) is 0 Å². The molecule has 4 rings (SSSR count). The highest BCUT2D eigenvalue weighted by Gasteiger charge is 2.37. The lowest BCUT2D eigenvalue weighted by Crippen LogP contribution is -2.26. The smallest absolute Gasteiger partial charge is 0.0596 e. The quantitative estimate of drug-likeness (QED) is 0.320. The Morgan fingerprint density at radius 1 is 0.552 bits per heavy atom. The van der Waals surface area contributed by atoms with Crippen LogP contribution in [0.1, 0.15) is 11.1 Å². The molecule has 0 aliphatic carbocycles. The van der Waals surface area contributed by atoms with Gasteiger partial charge in [0.1, 0.15) is 0 Å². The van der Waals surface area contributed by atoms with Gasteiger partial charge >= 0.3 is 0 Å². The minimum absolute atomic E-state index is 0.375. The third-order valence-electron chi connectivity index (χ3n) is 5.21. The summed E-state index contributed by atoms with van der Waals surface area (Å²) in [5, 5.41) is 3.46. The fourth-order valence-electron chi connectivity index (χ4n) is 3.69. The lowest BCUT2D eigenvalue weighted by molar-refractivity contribution is 0.926. The van der Waals surface area contributed by atoms with E-state index in [4.69, 9.17) is 6.58 Å². The molecule has 0 aliphatic heterocycles. The third kappa shape index (κ3) is 3.97. The van der Waals surface area contributed by atoms with Crippen LogP contribution in [0.2, 0.25) is 0 Å². The van der Waals surface area contributed by atoms with Crippen LogP contribution in [0.5, 0.6) is 0 Å².